The van der Waals surface area contributed by atoms with Crippen molar-refractivity contribution in [2.24, 2.45) is 0 Å². The molecule has 0 radical (unpaired) electrons. The minimum absolute atomic E-state index is 0.198. The fourth-order valence-electron chi connectivity index (χ4n) is 1.15. The van der Waals surface area contributed by atoms with Crippen LogP contribution in [0.2, 0.25) is 0 Å². The summed E-state index contributed by atoms with van der Waals surface area (Å²) in [6.45, 7) is 3.43. The molecule has 1 aromatic rings. The minimum Gasteiger partial charge on any atom is -0.481 e. The molecule has 0 aliphatic rings. The molecule has 1 heterocycles. The summed E-state index contributed by atoms with van der Waals surface area (Å²) in [5.41, 5.74) is 4.74. The number of carboxylic acid groups (broad SMARTS) is 1. The second kappa shape index (κ2) is 5.25. The van der Waals surface area contributed by atoms with Crippen LogP contribution in [0.3, 0.4) is 0 Å². The maximum atomic E-state index is 10.7. The SMILES string of the molecule is C=C=C(CC(=O)O)N(C)c1scnc1C=O. The number of anilines is 1. The van der Waals surface area contributed by atoms with Crippen molar-refractivity contribution in [3.63, 3.8) is 0 Å². The summed E-state index contributed by atoms with van der Waals surface area (Å²) in [7, 11) is 1.65. The number of nitrogens with zero attached hydrogens (tertiary/aromatic N) is 2. The van der Waals surface area contributed by atoms with Gasteiger partial charge in [0.05, 0.1) is 17.6 Å². The molecule has 1 N–H and O–H groups in total. The molecule has 1 aromatic heterocycles. The van der Waals surface area contributed by atoms with E-state index in [1.54, 1.807) is 11.9 Å². The normalized spacial score (nSPS) is 9.31. The summed E-state index contributed by atoms with van der Waals surface area (Å²) >= 11 is 1.26. The number of carbonyl (C=O) groups is 2. The lowest BCUT2D eigenvalue weighted by atomic mass is 10.3. The molecule has 0 aliphatic carbocycles. The van der Waals surface area contributed by atoms with E-state index < -0.39 is 5.97 Å². The first-order chi connectivity index (χ1) is 7.60. The van der Waals surface area contributed by atoms with Crippen LogP contribution in [0.5, 0.6) is 0 Å². The molecule has 16 heavy (non-hydrogen) atoms. The minimum atomic E-state index is -0.977. The average Bonchev–Trinajstić information content (AvgIpc) is 2.72. The van der Waals surface area contributed by atoms with Crippen LogP contribution in [0, 0.1) is 0 Å². The molecule has 0 saturated heterocycles. The van der Waals surface area contributed by atoms with Crippen LogP contribution in [0.4, 0.5) is 5.00 Å². The topological polar surface area (TPSA) is 70.5 Å². The van der Waals surface area contributed by atoms with E-state index in [1.165, 1.54) is 16.8 Å². The standard InChI is InChI=1S/C10H10N2O3S/c1-3-7(4-9(14)15)12(2)10-8(5-13)11-6-16-10/h5-6H,1,4H2,2H3,(H,14,15). The lowest BCUT2D eigenvalue weighted by Gasteiger charge is -2.17. The van der Waals surface area contributed by atoms with E-state index in [9.17, 15) is 9.59 Å². The van der Waals surface area contributed by atoms with Crippen LogP contribution in [0.25, 0.3) is 0 Å². The number of carboxylic acids is 1. The van der Waals surface area contributed by atoms with Gasteiger partial charge in [-0.2, -0.15) is 0 Å². The van der Waals surface area contributed by atoms with Gasteiger partial charge in [0, 0.05) is 7.05 Å². The third-order valence-corrected chi connectivity index (χ3v) is 2.84. The summed E-state index contributed by atoms with van der Waals surface area (Å²) < 4.78 is 0. The van der Waals surface area contributed by atoms with Crippen molar-refractivity contribution in [1.29, 1.82) is 0 Å². The third kappa shape index (κ3) is 2.56. The van der Waals surface area contributed by atoms with Crippen LogP contribution >= 0.6 is 11.3 Å². The summed E-state index contributed by atoms with van der Waals surface area (Å²) in [6, 6.07) is 0. The van der Waals surface area contributed by atoms with Crippen LogP contribution in [-0.4, -0.2) is 29.4 Å². The maximum Gasteiger partial charge on any atom is 0.310 e. The Morgan fingerprint density at radius 3 is 3.00 bits per heavy atom. The molecule has 0 aliphatic heterocycles. The largest absolute Gasteiger partial charge is 0.481 e. The van der Waals surface area contributed by atoms with Crippen molar-refractivity contribution in [2.45, 2.75) is 6.42 Å². The fourth-order valence-corrected chi connectivity index (χ4v) is 1.90. The molecule has 84 valence electrons. The van der Waals surface area contributed by atoms with Crippen molar-refractivity contribution in [1.82, 2.24) is 4.98 Å². The Labute approximate surface area is 96.3 Å². The molecule has 0 bridgehead atoms. The third-order valence-electron chi connectivity index (χ3n) is 1.92. The van der Waals surface area contributed by atoms with Crippen molar-refractivity contribution < 1.29 is 14.7 Å². The smallest absolute Gasteiger partial charge is 0.310 e. The zero-order chi connectivity index (χ0) is 12.1. The molecule has 0 fully saturated rings. The zero-order valence-corrected chi connectivity index (χ0v) is 9.45. The first kappa shape index (κ1) is 12.2. The highest BCUT2D eigenvalue weighted by Gasteiger charge is 2.15. The van der Waals surface area contributed by atoms with Crippen molar-refractivity contribution in [3.8, 4) is 0 Å². The highest BCUT2D eigenvalue weighted by molar-refractivity contribution is 7.14. The van der Waals surface area contributed by atoms with E-state index in [-0.39, 0.29) is 12.1 Å². The summed E-state index contributed by atoms with van der Waals surface area (Å²) in [5, 5.41) is 9.28. The van der Waals surface area contributed by atoms with Gasteiger partial charge >= 0.3 is 5.97 Å². The number of carbonyl (C=O) groups excluding carboxylic acids is 1. The van der Waals surface area contributed by atoms with Crippen molar-refractivity contribution >= 4 is 28.6 Å². The van der Waals surface area contributed by atoms with E-state index in [4.69, 9.17) is 5.11 Å². The molecule has 0 spiro atoms. The van der Waals surface area contributed by atoms with Crippen molar-refractivity contribution in [2.75, 3.05) is 11.9 Å². The lowest BCUT2D eigenvalue weighted by molar-refractivity contribution is -0.136. The maximum absolute atomic E-state index is 10.7. The highest BCUT2D eigenvalue weighted by Crippen LogP contribution is 2.26. The van der Waals surface area contributed by atoms with Gasteiger partial charge in [-0.05, 0) is 0 Å². The van der Waals surface area contributed by atoms with E-state index >= 15 is 0 Å². The van der Waals surface area contributed by atoms with E-state index in [0.717, 1.165) is 0 Å². The molecule has 0 saturated carbocycles. The second-order valence-corrected chi connectivity index (χ2v) is 3.75. The fraction of sp³-hybridized carbons (Fsp3) is 0.200. The second-order valence-electron chi connectivity index (χ2n) is 2.91. The molecule has 0 atom stereocenters. The number of thiazole rings is 1. The molecule has 6 heteroatoms. The van der Waals surface area contributed by atoms with Crippen LogP contribution < -0.4 is 4.90 Å². The van der Waals surface area contributed by atoms with E-state index in [2.05, 4.69) is 17.3 Å². The first-order valence-corrected chi connectivity index (χ1v) is 5.21. The first-order valence-electron chi connectivity index (χ1n) is 4.33. The predicted octanol–water partition coefficient (Wildman–Crippen LogP) is 1.54. The Kier molecular flexibility index (Phi) is 3.99. The Balaban J connectivity index is 3.00. The molecule has 0 aromatic carbocycles. The Morgan fingerprint density at radius 2 is 2.50 bits per heavy atom. The van der Waals surface area contributed by atoms with Crippen LogP contribution in [0.1, 0.15) is 16.9 Å². The van der Waals surface area contributed by atoms with Crippen LogP contribution in [0.15, 0.2) is 23.5 Å². The van der Waals surface area contributed by atoms with Gasteiger partial charge in [0.25, 0.3) is 0 Å². The number of aromatic nitrogens is 1. The summed E-state index contributed by atoms with van der Waals surface area (Å²) in [6.07, 6.45) is 0.431. The Hall–Kier alpha value is -1.91. The zero-order valence-electron chi connectivity index (χ0n) is 8.64. The predicted molar refractivity (Wildman–Crippen MR) is 60.8 cm³/mol. The van der Waals surface area contributed by atoms with E-state index in [1.807, 2.05) is 0 Å². The summed E-state index contributed by atoms with van der Waals surface area (Å²) in [5.74, 6) is -0.977. The molecule has 5 nitrogen and oxygen atoms in total. The molecule has 1 rings (SSSR count). The molecule has 0 amide bonds. The molecular weight excluding hydrogens is 228 g/mol. The van der Waals surface area contributed by atoms with Gasteiger partial charge in [0.1, 0.15) is 10.7 Å². The summed E-state index contributed by atoms with van der Waals surface area (Å²) in [4.78, 5) is 26.7. The van der Waals surface area contributed by atoms with Gasteiger partial charge < -0.3 is 10.0 Å². The molecular formula is C10H10N2O3S. The van der Waals surface area contributed by atoms with Gasteiger partial charge in [-0.3, -0.25) is 9.59 Å². The Bertz CT molecular complexity index is 460. The average molecular weight is 238 g/mol. The number of hydrogen-bond donors (Lipinski definition) is 1. The monoisotopic (exact) mass is 238 g/mol. The van der Waals surface area contributed by atoms with Gasteiger partial charge in [0.2, 0.25) is 0 Å². The number of hydrogen-bond acceptors (Lipinski definition) is 5. The lowest BCUT2D eigenvalue weighted by Crippen LogP contribution is -2.18. The van der Waals surface area contributed by atoms with E-state index in [0.29, 0.717) is 17.0 Å². The van der Waals surface area contributed by atoms with Gasteiger partial charge in [0.15, 0.2) is 6.29 Å². The van der Waals surface area contributed by atoms with Gasteiger partial charge in [-0.25, -0.2) is 4.98 Å². The van der Waals surface area contributed by atoms with Gasteiger partial charge in [-0.15, -0.1) is 17.1 Å². The number of aliphatic carboxylic acids is 1. The van der Waals surface area contributed by atoms with Gasteiger partial charge in [-0.1, -0.05) is 6.58 Å². The van der Waals surface area contributed by atoms with Crippen molar-refractivity contribution in [3.05, 3.63) is 29.2 Å². The van der Waals surface area contributed by atoms with Crippen LogP contribution in [-0.2, 0) is 4.79 Å². The number of rotatable bonds is 5. The Morgan fingerprint density at radius 1 is 1.81 bits per heavy atom. The number of aldehydes is 1. The quantitative estimate of drug-likeness (QED) is 0.622. The highest BCUT2D eigenvalue weighted by atomic mass is 32.1. The molecule has 0 unspecified atom stereocenters.